The number of ether oxygens (including phenoxy) is 1. The number of hydrogen-bond acceptors (Lipinski definition) is 5. The third-order valence-electron chi connectivity index (χ3n) is 3.15. The molecule has 1 N–H and O–H groups in total. The first-order valence-corrected chi connectivity index (χ1v) is 7.33. The SMILES string of the molecule is CC(C)(C)OC(=O)NN1C=CC=NC1n1cnc2ccccc21. The molecule has 1 aliphatic rings. The predicted octanol–water partition coefficient (Wildman–Crippen LogP) is 2.83. The number of para-hydroxylation sites is 2. The predicted molar refractivity (Wildman–Crippen MR) is 87.6 cm³/mol. The Morgan fingerprint density at radius 1 is 1.30 bits per heavy atom. The van der Waals surface area contributed by atoms with Gasteiger partial charge >= 0.3 is 6.09 Å². The van der Waals surface area contributed by atoms with Crippen LogP contribution in [-0.4, -0.2) is 32.5 Å². The molecular weight excluding hydrogens is 294 g/mol. The van der Waals surface area contributed by atoms with Gasteiger partial charge in [0.25, 0.3) is 0 Å². The molecule has 0 aliphatic carbocycles. The van der Waals surface area contributed by atoms with E-state index in [0.717, 1.165) is 11.0 Å². The van der Waals surface area contributed by atoms with Crippen LogP contribution in [0.1, 0.15) is 27.1 Å². The van der Waals surface area contributed by atoms with Crippen LogP contribution in [0, 0.1) is 0 Å². The Labute approximate surface area is 134 Å². The van der Waals surface area contributed by atoms with Crippen LogP contribution in [0.15, 0.2) is 47.9 Å². The normalized spacial score (nSPS) is 17.5. The smallest absolute Gasteiger partial charge is 0.426 e. The van der Waals surface area contributed by atoms with Gasteiger partial charge in [-0.15, -0.1) is 0 Å². The van der Waals surface area contributed by atoms with Crippen LogP contribution >= 0.6 is 0 Å². The first kappa shape index (κ1) is 15.1. The molecule has 1 aliphatic heterocycles. The number of benzene rings is 1. The summed E-state index contributed by atoms with van der Waals surface area (Å²) in [6.45, 7) is 5.45. The van der Waals surface area contributed by atoms with Gasteiger partial charge in [0.1, 0.15) is 5.60 Å². The van der Waals surface area contributed by atoms with E-state index in [-0.39, 0.29) is 0 Å². The molecule has 23 heavy (non-hydrogen) atoms. The van der Waals surface area contributed by atoms with Crippen molar-refractivity contribution in [1.82, 2.24) is 20.0 Å². The summed E-state index contributed by atoms with van der Waals surface area (Å²) in [6.07, 6.45) is 5.87. The van der Waals surface area contributed by atoms with E-state index in [4.69, 9.17) is 4.74 Å². The van der Waals surface area contributed by atoms with Crippen molar-refractivity contribution in [3.8, 4) is 0 Å². The number of imidazole rings is 1. The molecule has 0 fully saturated rings. The van der Waals surface area contributed by atoms with Crippen molar-refractivity contribution in [3.63, 3.8) is 0 Å². The van der Waals surface area contributed by atoms with Gasteiger partial charge in [0.15, 0.2) is 0 Å². The maximum Gasteiger partial charge on any atom is 0.426 e. The average Bonchev–Trinajstić information content (AvgIpc) is 2.89. The Kier molecular flexibility index (Phi) is 3.77. The molecule has 2 aromatic rings. The molecule has 0 radical (unpaired) electrons. The zero-order valence-corrected chi connectivity index (χ0v) is 13.3. The highest BCUT2D eigenvalue weighted by Gasteiger charge is 2.24. The zero-order chi connectivity index (χ0) is 16.4. The van der Waals surface area contributed by atoms with Gasteiger partial charge in [0.05, 0.1) is 17.4 Å². The molecule has 1 atom stereocenters. The fourth-order valence-electron chi connectivity index (χ4n) is 2.28. The highest BCUT2D eigenvalue weighted by atomic mass is 16.6. The number of hydrogen-bond donors (Lipinski definition) is 1. The van der Waals surface area contributed by atoms with Gasteiger partial charge in [0, 0.05) is 12.4 Å². The molecule has 0 saturated carbocycles. The van der Waals surface area contributed by atoms with Crippen molar-refractivity contribution >= 4 is 23.3 Å². The molecule has 3 rings (SSSR count). The summed E-state index contributed by atoms with van der Waals surface area (Å²) in [4.78, 5) is 20.8. The summed E-state index contributed by atoms with van der Waals surface area (Å²) in [6, 6.07) is 7.76. The topological polar surface area (TPSA) is 71.8 Å². The van der Waals surface area contributed by atoms with Gasteiger partial charge in [-0.1, -0.05) is 12.1 Å². The Hall–Kier alpha value is -2.83. The highest BCUT2D eigenvalue weighted by molar-refractivity contribution is 5.76. The largest absolute Gasteiger partial charge is 0.443 e. The molecule has 1 amide bonds. The van der Waals surface area contributed by atoms with Gasteiger partial charge in [-0.05, 0) is 39.0 Å². The Bertz CT molecular complexity index is 772. The number of nitrogens with zero attached hydrogens (tertiary/aromatic N) is 4. The number of hydrazine groups is 1. The highest BCUT2D eigenvalue weighted by Crippen LogP contribution is 2.22. The third kappa shape index (κ3) is 3.33. The van der Waals surface area contributed by atoms with Crippen LogP contribution in [0.4, 0.5) is 4.79 Å². The second-order valence-electron chi connectivity index (χ2n) is 6.15. The maximum atomic E-state index is 12.0. The second-order valence-corrected chi connectivity index (χ2v) is 6.15. The molecule has 0 spiro atoms. The van der Waals surface area contributed by atoms with Gasteiger partial charge < -0.3 is 4.74 Å². The minimum absolute atomic E-state index is 0.458. The van der Waals surface area contributed by atoms with E-state index in [2.05, 4.69) is 15.4 Å². The first-order chi connectivity index (χ1) is 10.9. The number of carbonyl (C=O) groups is 1. The van der Waals surface area contributed by atoms with Crippen LogP contribution in [0.25, 0.3) is 11.0 Å². The third-order valence-corrected chi connectivity index (χ3v) is 3.15. The lowest BCUT2D eigenvalue weighted by molar-refractivity contribution is 0.0293. The summed E-state index contributed by atoms with van der Waals surface area (Å²) >= 11 is 0. The number of rotatable bonds is 2. The van der Waals surface area contributed by atoms with Crippen LogP contribution in [-0.2, 0) is 4.74 Å². The number of fused-ring (bicyclic) bond motifs is 1. The average molecular weight is 313 g/mol. The Balaban J connectivity index is 1.84. The van der Waals surface area contributed by atoms with E-state index >= 15 is 0 Å². The van der Waals surface area contributed by atoms with Crippen LogP contribution in [0.5, 0.6) is 0 Å². The van der Waals surface area contributed by atoms with Crippen molar-refractivity contribution in [2.75, 3.05) is 0 Å². The fourth-order valence-corrected chi connectivity index (χ4v) is 2.28. The number of aliphatic imine (C=N–C) groups is 1. The minimum Gasteiger partial charge on any atom is -0.443 e. The molecule has 120 valence electrons. The molecule has 1 unspecified atom stereocenters. The summed E-state index contributed by atoms with van der Waals surface area (Å²) in [5.41, 5.74) is 3.94. The fraction of sp³-hybridized carbons (Fsp3) is 0.312. The summed E-state index contributed by atoms with van der Waals surface area (Å²) in [7, 11) is 0. The van der Waals surface area contributed by atoms with Gasteiger partial charge in [-0.2, -0.15) is 0 Å². The zero-order valence-electron chi connectivity index (χ0n) is 13.3. The quantitative estimate of drug-likeness (QED) is 0.925. The summed E-state index contributed by atoms with van der Waals surface area (Å²) in [5, 5.41) is 1.59. The van der Waals surface area contributed by atoms with Crippen LogP contribution in [0.2, 0.25) is 0 Å². The standard InChI is InChI=1S/C16H19N5O2/c1-16(2,3)23-15(22)19-21-10-6-9-17-14(21)20-11-18-12-7-4-5-8-13(12)20/h4-11,14H,1-3H3,(H,19,22). The lowest BCUT2D eigenvalue weighted by Gasteiger charge is -2.31. The molecular formula is C16H19N5O2. The minimum atomic E-state index is -0.565. The lowest BCUT2D eigenvalue weighted by atomic mass is 10.2. The van der Waals surface area contributed by atoms with Crippen molar-refractivity contribution < 1.29 is 9.53 Å². The van der Waals surface area contributed by atoms with Crippen molar-refractivity contribution in [3.05, 3.63) is 42.9 Å². The summed E-state index contributed by atoms with van der Waals surface area (Å²) in [5.74, 6) is 0. The molecule has 1 aromatic carbocycles. The molecule has 0 saturated heterocycles. The van der Waals surface area contributed by atoms with Gasteiger partial charge in [0.2, 0.25) is 6.29 Å². The van der Waals surface area contributed by atoms with Crippen molar-refractivity contribution in [2.24, 2.45) is 4.99 Å². The van der Waals surface area contributed by atoms with Crippen molar-refractivity contribution in [1.29, 1.82) is 0 Å². The van der Waals surface area contributed by atoms with Crippen LogP contribution in [0.3, 0.4) is 0 Å². The van der Waals surface area contributed by atoms with E-state index in [1.54, 1.807) is 29.8 Å². The maximum absolute atomic E-state index is 12.0. The lowest BCUT2D eigenvalue weighted by Crippen LogP contribution is -2.45. The molecule has 2 heterocycles. The monoisotopic (exact) mass is 313 g/mol. The molecule has 1 aromatic heterocycles. The Morgan fingerprint density at radius 2 is 2.09 bits per heavy atom. The molecule has 0 bridgehead atoms. The van der Waals surface area contributed by atoms with E-state index in [9.17, 15) is 4.79 Å². The number of carbonyl (C=O) groups excluding carboxylic acids is 1. The van der Waals surface area contributed by atoms with E-state index in [0.29, 0.717) is 0 Å². The molecule has 7 heteroatoms. The first-order valence-electron chi connectivity index (χ1n) is 7.33. The summed E-state index contributed by atoms with van der Waals surface area (Å²) < 4.78 is 7.17. The van der Waals surface area contributed by atoms with Crippen LogP contribution < -0.4 is 5.43 Å². The van der Waals surface area contributed by atoms with Crippen molar-refractivity contribution in [2.45, 2.75) is 32.7 Å². The number of aromatic nitrogens is 2. The van der Waals surface area contributed by atoms with Gasteiger partial charge in [-0.25, -0.2) is 25.2 Å². The Morgan fingerprint density at radius 3 is 2.87 bits per heavy atom. The van der Waals surface area contributed by atoms with E-state index < -0.39 is 18.0 Å². The van der Waals surface area contributed by atoms with E-state index in [1.165, 1.54) is 0 Å². The number of nitrogens with one attached hydrogen (secondary N) is 1. The number of allylic oxidation sites excluding steroid dienone is 1. The van der Waals surface area contributed by atoms with Gasteiger partial charge in [-0.3, -0.25) is 4.57 Å². The van der Waals surface area contributed by atoms with E-state index in [1.807, 2.05) is 49.6 Å². The molecule has 7 nitrogen and oxygen atoms in total. The number of amides is 1. The second kappa shape index (κ2) is 5.75.